The van der Waals surface area contributed by atoms with Crippen molar-refractivity contribution < 1.29 is 29.1 Å². The van der Waals surface area contributed by atoms with Gasteiger partial charge in [0.05, 0.1) is 19.0 Å². The average molecular weight is 434 g/mol. The lowest BCUT2D eigenvalue weighted by Gasteiger charge is -2.31. The van der Waals surface area contributed by atoms with E-state index in [0.29, 0.717) is 6.29 Å². The molecular formula is C21H30N4O6. The predicted octanol–water partition coefficient (Wildman–Crippen LogP) is -0.686. The lowest BCUT2D eigenvalue weighted by atomic mass is 10.0. The number of carbonyl (C=O) groups excluding carboxylic acids is 4. The molecule has 1 aromatic carbocycles. The molecule has 5 N–H and O–H groups in total. The number of aldehydes is 1. The van der Waals surface area contributed by atoms with E-state index in [1.54, 1.807) is 44.2 Å². The van der Waals surface area contributed by atoms with Gasteiger partial charge in [0.15, 0.2) is 0 Å². The molecule has 10 heteroatoms. The van der Waals surface area contributed by atoms with Gasteiger partial charge < -0.3 is 31.2 Å². The van der Waals surface area contributed by atoms with Crippen LogP contribution in [0.15, 0.2) is 30.3 Å². The molecule has 1 aromatic rings. The number of aliphatic carboxylic acids is 1. The second-order valence-corrected chi connectivity index (χ2v) is 7.49. The third kappa shape index (κ3) is 8.17. The SMILES string of the molecule is CC(C)[C@@H](C=O)N(C)C(=O)[C@@H](Cc1ccccc1)NC(=O)[C@@H](CC(=O)O)NC(=O)CN. The molecule has 0 spiro atoms. The Labute approximate surface area is 181 Å². The van der Waals surface area contributed by atoms with Crippen molar-refractivity contribution >= 4 is 30.0 Å². The topological polar surface area (TPSA) is 159 Å². The Kier molecular flexibility index (Phi) is 10.3. The summed E-state index contributed by atoms with van der Waals surface area (Å²) >= 11 is 0. The van der Waals surface area contributed by atoms with Crippen LogP contribution in [-0.4, -0.2) is 71.7 Å². The van der Waals surface area contributed by atoms with Crippen LogP contribution in [0.2, 0.25) is 0 Å². The monoisotopic (exact) mass is 434 g/mol. The van der Waals surface area contributed by atoms with E-state index in [-0.39, 0.29) is 12.3 Å². The molecule has 3 atom stereocenters. The van der Waals surface area contributed by atoms with E-state index in [4.69, 9.17) is 10.8 Å². The normalized spacial score (nSPS) is 13.6. The smallest absolute Gasteiger partial charge is 0.305 e. The molecule has 0 unspecified atom stereocenters. The van der Waals surface area contributed by atoms with Gasteiger partial charge in [0.2, 0.25) is 17.7 Å². The number of nitrogens with two attached hydrogens (primary N) is 1. The molecule has 0 aromatic heterocycles. The first-order valence-electron chi connectivity index (χ1n) is 9.88. The van der Waals surface area contributed by atoms with Crippen molar-refractivity contribution in [2.75, 3.05) is 13.6 Å². The zero-order chi connectivity index (χ0) is 23.6. The van der Waals surface area contributed by atoms with E-state index < -0.39 is 54.8 Å². The minimum Gasteiger partial charge on any atom is -0.481 e. The van der Waals surface area contributed by atoms with Crippen LogP contribution in [0.4, 0.5) is 0 Å². The molecule has 170 valence electrons. The first-order valence-corrected chi connectivity index (χ1v) is 9.88. The molecule has 0 bridgehead atoms. The molecule has 0 saturated heterocycles. The summed E-state index contributed by atoms with van der Waals surface area (Å²) in [5, 5.41) is 13.9. The van der Waals surface area contributed by atoms with Crippen molar-refractivity contribution in [2.24, 2.45) is 11.7 Å². The lowest BCUT2D eigenvalue weighted by Crippen LogP contribution is -2.57. The molecule has 0 aliphatic rings. The highest BCUT2D eigenvalue weighted by molar-refractivity contribution is 5.94. The third-order valence-electron chi connectivity index (χ3n) is 4.73. The minimum atomic E-state index is -1.41. The predicted molar refractivity (Wildman–Crippen MR) is 113 cm³/mol. The molecule has 0 aliphatic heterocycles. The van der Waals surface area contributed by atoms with Gasteiger partial charge in [-0.15, -0.1) is 0 Å². The van der Waals surface area contributed by atoms with E-state index in [1.165, 1.54) is 11.9 Å². The summed E-state index contributed by atoms with van der Waals surface area (Å²) in [6.07, 6.45) is 0.103. The standard InChI is InChI=1S/C21H30N4O6/c1-13(2)17(12-26)25(3)21(31)16(9-14-7-5-4-6-8-14)24-20(30)15(10-19(28)29)23-18(27)11-22/h4-8,12-13,15-17H,9-11,22H2,1-3H3,(H,23,27)(H,24,30)(H,28,29)/t15-,16-,17-/m1/s1. The maximum absolute atomic E-state index is 13.1. The fourth-order valence-corrected chi connectivity index (χ4v) is 3.05. The molecule has 0 heterocycles. The largest absolute Gasteiger partial charge is 0.481 e. The Morgan fingerprint density at radius 3 is 2.19 bits per heavy atom. The van der Waals surface area contributed by atoms with Crippen LogP contribution in [0.1, 0.15) is 25.8 Å². The first kappa shape index (κ1) is 25.8. The quantitative estimate of drug-likeness (QED) is 0.317. The number of carbonyl (C=O) groups is 5. The van der Waals surface area contributed by atoms with Gasteiger partial charge in [0.1, 0.15) is 18.4 Å². The van der Waals surface area contributed by atoms with Crippen LogP contribution in [0.25, 0.3) is 0 Å². The van der Waals surface area contributed by atoms with Crippen LogP contribution < -0.4 is 16.4 Å². The highest BCUT2D eigenvalue weighted by Crippen LogP contribution is 2.12. The zero-order valence-electron chi connectivity index (χ0n) is 17.9. The molecule has 1 rings (SSSR count). The number of likely N-dealkylation sites (N-methyl/N-ethyl adjacent to an activating group) is 1. The summed E-state index contributed by atoms with van der Waals surface area (Å²) in [7, 11) is 1.47. The molecule has 10 nitrogen and oxygen atoms in total. The number of nitrogens with one attached hydrogen (secondary N) is 2. The van der Waals surface area contributed by atoms with E-state index in [0.717, 1.165) is 5.56 Å². The second-order valence-electron chi connectivity index (χ2n) is 7.49. The summed E-state index contributed by atoms with van der Waals surface area (Å²) in [6, 6.07) is 5.73. The molecular weight excluding hydrogens is 404 g/mol. The van der Waals surface area contributed by atoms with Crippen LogP contribution in [0, 0.1) is 5.92 Å². The maximum Gasteiger partial charge on any atom is 0.305 e. The van der Waals surface area contributed by atoms with Crippen molar-refractivity contribution in [1.29, 1.82) is 0 Å². The fraction of sp³-hybridized carbons (Fsp3) is 0.476. The van der Waals surface area contributed by atoms with Gasteiger partial charge in [-0.25, -0.2) is 0 Å². The van der Waals surface area contributed by atoms with Crippen LogP contribution in [0.5, 0.6) is 0 Å². The van der Waals surface area contributed by atoms with Gasteiger partial charge in [-0.1, -0.05) is 44.2 Å². The number of hydrogen-bond donors (Lipinski definition) is 4. The van der Waals surface area contributed by atoms with E-state index >= 15 is 0 Å². The molecule has 0 fully saturated rings. The molecule has 0 saturated carbocycles. The second kappa shape index (κ2) is 12.4. The minimum absolute atomic E-state index is 0.115. The fourth-order valence-electron chi connectivity index (χ4n) is 3.05. The van der Waals surface area contributed by atoms with Gasteiger partial charge in [0.25, 0.3) is 0 Å². The van der Waals surface area contributed by atoms with Gasteiger partial charge in [-0.3, -0.25) is 19.2 Å². The number of amides is 3. The van der Waals surface area contributed by atoms with Crippen molar-refractivity contribution in [3.8, 4) is 0 Å². The van der Waals surface area contributed by atoms with E-state index in [1.807, 2.05) is 0 Å². The van der Waals surface area contributed by atoms with Crippen molar-refractivity contribution in [3.05, 3.63) is 35.9 Å². The summed E-state index contributed by atoms with van der Waals surface area (Å²) in [4.78, 5) is 61.4. The van der Waals surface area contributed by atoms with Crippen LogP contribution in [-0.2, 0) is 30.4 Å². The average Bonchev–Trinajstić information content (AvgIpc) is 2.72. The maximum atomic E-state index is 13.1. The van der Waals surface area contributed by atoms with Crippen molar-refractivity contribution in [1.82, 2.24) is 15.5 Å². The Balaban J connectivity index is 3.15. The molecule has 0 radical (unpaired) electrons. The summed E-state index contributed by atoms with van der Waals surface area (Å²) in [5.74, 6) is -3.50. The van der Waals surface area contributed by atoms with Crippen molar-refractivity contribution in [2.45, 2.75) is 44.8 Å². The van der Waals surface area contributed by atoms with Crippen LogP contribution >= 0.6 is 0 Å². The van der Waals surface area contributed by atoms with Crippen molar-refractivity contribution in [3.63, 3.8) is 0 Å². The lowest BCUT2D eigenvalue weighted by molar-refractivity contribution is -0.142. The number of nitrogens with zero attached hydrogens (tertiary/aromatic N) is 1. The number of benzene rings is 1. The summed E-state index contributed by atoms with van der Waals surface area (Å²) in [5.41, 5.74) is 5.99. The van der Waals surface area contributed by atoms with Gasteiger partial charge in [0, 0.05) is 13.5 Å². The first-order chi connectivity index (χ1) is 14.6. The number of carboxylic acids is 1. The zero-order valence-corrected chi connectivity index (χ0v) is 17.9. The highest BCUT2D eigenvalue weighted by Gasteiger charge is 2.32. The van der Waals surface area contributed by atoms with Gasteiger partial charge >= 0.3 is 5.97 Å². The summed E-state index contributed by atoms with van der Waals surface area (Å²) < 4.78 is 0. The van der Waals surface area contributed by atoms with Gasteiger partial charge in [-0.05, 0) is 11.5 Å². The highest BCUT2D eigenvalue weighted by atomic mass is 16.4. The molecule has 3 amide bonds. The Morgan fingerprint density at radius 1 is 1.10 bits per heavy atom. The third-order valence-corrected chi connectivity index (χ3v) is 4.73. The Hall–Kier alpha value is -3.27. The molecule has 31 heavy (non-hydrogen) atoms. The number of hydrogen-bond acceptors (Lipinski definition) is 6. The summed E-state index contributed by atoms with van der Waals surface area (Å²) in [6.45, 7) is 3.16. The molecule has 0 aliphatic carbocycles. The van der Waals surface area contributed by atoms with E-state index in [9.17, 15) is 24.0 Å². The van der Waals surface area contributed by atoms with Crippen LogP contribution in [0.3, 0.4) is 0 Å². The number of rotatable bonds is 12. The van der Waals surface area contributed by atoms with Gasteiger partial charge in [-0.2, -0.15) is 0 Å². The Morgan fingerprint density at radius 2 is 1.71 bits per heavy atom. The number of carboxylic acid groups (broad SMARTS) is 1. The van der Waals surface area contributed by atoms with E-state index in [2.05, 4.69) is 10.6 Å². The Bertz CT molecular complexity index is 783.